The van der Waals surface area contributed by atoms with E-state index in [2.05, 4.69) is 26.2 Å². The molecule has 0 spiro atoms. The zero-order valence-corrected chi connectivity index (χ0v) is 16.7. The Hall–Kier alpha value is -0.630. The normalized spacial score (nSPS) is 9.36. The van der Waals surface area contributed by atoms with Crippen molar-refractivity contribution in [2.45, 2.75) is 34.1 Å². The van der Waals surface area contributed by atoms with Crippen molar-refractivity contribution in [3.8, 4) is 0 Å². The molecule has 0 radical (unpaired) electrons. The number of benzene rings is 1. The first-order valence-electron chi connectivity index (χ1n) is 7.32. The molecule has 0 aliphatic carbocycles. The molecule has 22 heavy (non-hydrogen) atoms. The van der Waals surface area contributed by atoms with Crippen LogP contribution in [-0.2, 0) is 11.2 Å². The lowest BCUT2D eigenvalue weighted by Crippen LogP contribution is -2.27. The Balaban J connectivity index is 0.00000102. The maximum atomic E-state index is 11.6. The molecular formula is C15H24BrN3OS2. The van der Waals surface area contributed by atoms with E-state index in [-0.39, 0.29) is 5.91 Å². The lowest BCUT2D eigenvalue weighted by molar-refractivity contribution is -0.120. The summed E-state index contributed by atoms with van der Waals surface area (Å²) in [5, 5.41) is 8.92. The molecule has 1 amide bonds. The van der Waals surface area contributed by atoms with Gasteiger partial charge in [-0.25, -0.2) is 4.98 Å². The van der Waals surface area contributed by atoms with Gasteiger partial charge in [-0.15, -0.1) is 11.3 Å². The smallest absolute Gasteiger partial charge is 0.226 e. The molecule has 1 aromatic heterocycles. The molecule has 0 unspecified atom stereocenters. The van der Waals surface area contributed by atoms with Gasteiger partial charge >= 0.3 is 0 Å². The van der Waals surface area contributed by atoms with Crippen molar-refractivity contribution < 1.29 is 4.79 Å². The number of nitrogens with one attached hydrogen (secondary N) is 1. The van der Waals surface area contributed by atoms with Gasteiger partial charge in [-0.3, -0.25) is 9.93 Å². The second kappa shape index (κ2) is 12.9. The number of hydrogen-bond acceptors (Lipinski definition) is 5. The van der Waals surface area contributed by atoms with Gasteiger partial charge in [-0.2, -0.15) is 0 Å². The molecule has 0 aliphatic heterocycles. The van der Waals surface area contributed by atoms with Gasteiger partial charge in [0.25, 0.3) is 0 Å². The number of amides is 1. The molecule has 0 bridgehead atoms. The molecule has 4 nitrogen and oxygen atoms in total. The van der Waals surface area contributed by atoms with E-state index < -0.39 is 0 Å². The minimum absolute atomic E-state index is 0.0119. The van der Waals surface area contributed by atoms with Crippen LogP contribution < -0.4 is 10.5 Å². The number of halogens is 1. The van der Waals surface area contributed by atoms with Crippen LogP contribution in [0.1, 0.15) is 32.7 Å². The van der Waals surface area contributed by atoms with E-state index in [1.54, 1.807) is 11.3 Å². The third kappa shape index (κ3) is 7.58. The van der Waals surface area contributed by atoms with E-state index in [9.17, 15) is 4.79 Å². The summed E-state index contributed by atoms with van der Waals surface area (Å²) in [5.74, 6) is 0.709. The van der Waals surface area contributed by atoms with Gasteiger partial charge < -0.3 is 5.32 Å². The average molecular weight is 406 g/mol. The van der Waals surface area contributed by atoms with Gasteiger partial charge in [-0.1, -0.05) is 55.6 Å². The maximum Gasteiger partial charge on any atom is 0.226 e. The minimum atomic E-state index is -0.0119. The van der Waals surface area contributed by atoms with Gasteiger partial charge in [-0.05, 0) is 18.2 Å². The molecule has 2 rings (SSSR count). The van der Waals surface area contributed by atoms with E-state index in [1.807, 2.05) is 45.9 Å². The number of nitrogens with zero attached hydrogens (tertiary/aromatic N) is 1. The summed E-state index contributed by atoms with van der Waals surface area (Å²) < 4.78 is 2.11. The highest BCUT2D eigenvalue weighted by molar-refractivity contribution is 9.10. The van der Waals surface area contributed by atoms with Crippen molar-refractivity contribution in [2.24, 2.45) is 5.14 Å². The van der Waals surface area contributed by atoms with Crippen molar-refractivity contribution >= 4 is 55.3 Å². The van der Waals surface area contributed by atoms with Gasteiger partial charge in [0, 0.05) is 16.8 Å². The highest BCUT2D eigenvalue weighted by Crippen LogP contribution is 2.25. The number of thiazole rings is 1. The summed E-state index contributed by atoms with van der Waals surface area (Å²) in [4.78, 5) is 16.1. The molecule has 2 aromatic rings. The molecule has 0 fully saturated rings. The van der Waals surface area contributed by atoms with Gasteiger partial charge in [0.1, 0.15) is 5.01 Å². The second-order valence-electron chi connectivity index (χ2n) is 3.62. The summed E-state index contributed by atoms with van der Waals surface area (Å²) in [5.41, 5.74) is 0.934. The van der Waals surface area contributed by atoms with Gasteiger partial charge in [0.15, 0.2) is 0 Å². The highest BCUT2D eigenvalue weighted by atomic mass is 79.9. The Morgan fingerprint density at radius 3 is 2.68 bits per heavy atom. The third-order valence-corrected chi connectivity index (χ3v) is 4.20. The summed E-state index contributed by atoms with van der Waals surface area (Å²) >= 11 is 6.19. The SMILES string of the molecule is CC.CC.NSCCNC(=O)Cc1nc2ccc(Br)cc2s1. The van der Waals surface area contributed by atoms with Crippen LogP contribution in [0.2, 0.25) is 0 Å². The Kier molecular flexibility index (Phi) is 12.5. The lowest BCUT2D eigenvalue weighted by Gasteiger charge is -2.01. The van der Waals surface area contributed by atoms with E-state index in [0.29, 0.717) is 13.0 Å². The fourth-order valence-corrected chi connectivity index (χ4v) is 3.21. The molecule has 0 saturated heterocycles. The maximum absolute atomic E-state index is 11.6. The quantitative estimate of drug-likeness (QED) is 0.571. The molecule has 0 atom stereocenters. The molecule has 3 N–H and O–H groups in total. The molecule has 0 saturated carbocycles. The third-order valence-electron chi connectivity index (χ3n) is 2.25. The van der Waals surface area contributed by atoms with Gasteiger partial charge in [0.2, 0.25) is 5.91 Å². The van der Waals surface area contributed by atoms with E-state index in [0.717, 1.165) is 25.4 Å². The minimum Gasteiger partial charge on any atom is -0.355 e. The Morgan fingerprint density at radius 2 is 2.05 bits per heavy atom. The molecule has 124 valence electrons. The molecule has 7 heteroatoms. The summed E-state index contributed by atoms with van der Waals surface area (Å²) in [7, 11) is 0. The van der Waals surface area contributed by atoms with Crippen molar-refractivity contribution in [1.29, 1.82) is 0 Å². The number of rotatable bonds is 5. The van der Waals surface area contributed by atoms with Crippen LogP contribution in [0.25, 0.3) is 10.2 Å². The van der Waals surface area contributed by atoms with E-state index in [1.165, 1.54) is 11.9 Å². The van der Waals surface area contributed by atoms with Crippen molar-refractivity contribution in [3.05, 3.63) is 27.7 Å². The van der Waals surface area contributed by atoms with Crippen LogP contribution in [0.4, 0.5) is 0 Å². The first-order valence-corrected chi connectivity index (χ1v) is 9.98. The van der Waals surface area contributed by atoms with Crippen molar-refractivity contribution in [3.63, 3.8) is 0 Å². The monoisotopic (exact) mass is 405 g/mol. The van der Waals surface area contributed by atoms with E-state index >= 15 is 0 Å². The number of aromatic nitrogens is 1. The number of carbonyl (C=O) groups is 1. The predicted octanol–water partition coefficient (Wildman–Crippen LogP) is 4.38. The second-order valence-corrected chi connectivity index (χ2v) is 6.39. The fraction of sp³-hybridized carbons (Fsp3) is 0.467. The first-order chi connectivity index (χ1) is 10.7. The average Bonchev–Trinajstić information content (AvgIpc) is 2.92. The summed E-state index contributed by atoms with van der Waals surface area (Å²) in [6.07, 6.45) is 0.326. The number of hydrogen-bond donors (Lipinski definition) is 2. The standard InChI is InChI=1S/C11H12BrN3OS2.2C2H6/c12-7-1-2-8-9(5-7)18-11(15-8)6-10(16)14-3-4-17-13;2*1-2/h1-2,5H,3-4,6,13H2,(H,14,16);2*1-2H3. The number of nitrogens with two attached hydrogens (primary N) is 1. The van der Waals surface area contributed by atoms with Crippen LogP contribution in [0.15, 0.2) is 22.7 Å². The predicted molar refractivity (Wildman–Crippen MR) is 103 cm³/mol. The van der Waals surface area contributed by atoms with Crippen LogP contribution in [0.5, 0.6) is 0 Å². The van der Waals surface area contributed by atoms with E-state index in [4.69, 9.17) is 5.14 Å². The molecule has 1 heterocycles. The fourth-order valence-electron chi connectivity index (χ4n) is 1.47. The van der Waals surface area contributed by atoms with Crippen molar-refractivity contribution in [2.75, 3.05) is 12.3 Å². The largest absolute Gasteiger partial charge is 0.355 e. The zero-order valence-electron chi connectivity index (χ0n) is 13.5. The van der Waals surface area contributed by atoms with Crippen LogP contribution in [0, 0.1) is 0 Å². The van der Waals surface area contributed by atoms with Crippen LogP contribution >= 0.6 is 39.2 Å². The Morgan fingerprint density at radius 1 is 1.36 bits per heavy atom. The Labute approximate surface area is 149 Å². The lowest BCUT2D eigenvalue weighted by atomic mass is 10.3. The summed E-state index contributed by atoms with van der Waals surface area (Å²) in [6, 6.07) is 5.91. The van der Waals surface area contributed by atoms with Crippen LogP contribution in [0.3, 0.4) is 0 Å². The first kappa shape index (κ1) is 21.4. The number of fused-ring (bicyclic) bond motifs is 1. The highest BCUT2D eigenvalue weighted by Gasteiger charge is 2.08. The zero-order chi connectivity index (χ0) is 17.0. The number of carbonyl (C=O) groups excluding carboxylic acids is 1. The van der Waals surface area contributed by atoms with Crippen molar-refractivity contribution in [1.82, 2.24) is 10.3 Å². The molecular weight excluding hydrogens is 382 g/mol. The Bertz CT molecular complexity index is 561. The molecule has 1 aromatic carbocycles. The summed E-state index contributed by atoms with van der Waals surface area (Å²) in [6.45, 7) is 8.59. The topological polar surface area (TPSA) is 68.0 Å². The molecule has 0 aliphatic rings. The van der Waals surface area contributed by atoms with Gasteiger partial charge in [0.05, 0.1) is 16.6 Å². The van der Waals surface area contributed by atoms with Crippen LogP contribution in [-0.4, -0.2) is 23.2 Å².